The molecule has 64 valence electrons. The van der Waals surface area contributed by atoms with E-state index >= 15 is 0 Å². The topological polar surface area (TPSA) is 28.2 Å². The van der Waals surface area contributed by atoms with Crippen molar-refractivity contribution in [3.8, 4) is 6.07 Å². The maximum absolute atomic E-state index is 12.9. The van der Waals surface area contributed by atoms with E-state index in [9.17, 15) is 4.39 Å². The predicted octanol–water partition coefficient (Wildman–Crippen LogP) is 2.71. The molecule has 0 radical (unpaired) electrons. The Labute approximate surface area is 82.3 Å². The van der Waals surface area contributed by atoms with Crippen molar-refractivity contribution in [1.82, 2.24) is 4.40 Å². The smallest absolute Gasteiger partial charge is 0.140 e. The lowest BCUT2D eigenvalue weighted by molar-refractivity contribution is 0.618. The zero-order chi connectivity index (χ0) is 9.42. The SMILES string of the molecule is N#Cc1cc2c(Br)cc(F)cn2c1. The normalized spacial score (nSPS) is 10.2. The molecule has 0 N–H and O–H groups in total. The first-order chi connectivity index (χ1) is 6.20. The Morgan fingerprint density at radius 1 is 1.38 bits per heavy atom. The van der Waals surface area contributed by atoms with Crippen LogP contribution in [-0.4, -0.2) is 4.40 Å². The summed E-state index contributed by atoms with van der Waals surface area (Å²) >= 11 is 3.22. The second-order valence-corrected chi connectivity index (χ2v) is 3.49. The lowest BCUT2D eigenvalue weighted by atomic mass is 10.3. The number of hydrogen-bond donors (Lipinski definition) is 0. The van der Waals surface area contributed by atoms with Crippen LogP contribution in [-0.2, 0) is 0 Å². The van der Waals surface area contributed by atoms with E-state index in [1.54, 1.807) is 16.7 Å². The van der Waals surface area contributed by atoms with Crippen LogP contribution in [0.2, 0.25) is 0 Å². The van der Waals surface area contributed by atoms with Gasteiger partial charge in [0.2, 0.25) is 0 Å². The molecule has 0 saturated carbocycles. The molecule has 0 aliphatic carbocycles. The van der Waals surface area contributed by atoms with Crippen molar-refractivity contribution in [2.45, 2.75) is 0 Å². The van der Waals surface area contributed by atoms with Gasteiger partial charge in [-0.15, -0.1) is 0 Å². The third-order valence-electron chi connectivity index (χ3n) is 1.75. The average molecular weight is 239 g/mol. The molecule has 2 heterocycles. The van der Waals surface area contributed by atoms with Crippen LogP contribution in [0.4, 0.5) is 4.39 Å². The fourth-order valence-electron chi connectivity index (χ4n) is 1.20. The van der Waals surface area contributed by atoms with E-state index in [2.05, 4.69) is 15.9 Å². The zero-order valence-electron chi connectivity index (χ0n) is 6.46. The number of aromatic nitrogens is 1. The van der Waals surface area contributed by atoms with Crippen molar-refractivity contribution >= 4 is 21.4 Å². The maximum atomic E-state index is 12.9. The summed E-state index contributed by atoms with van der Waals surface area (Å²) in [6.07, 6.45) is 2.92. The number of nitriles is 1. The van der Waals surface area contributed by atoms with Gasteiger partial charge >= 0.3 is 0 Å². The first kappa shape index (κ1) is 8.27. The molecule has 0 saturated heterocycles. The summed E-state index contributed by atoms with van der Waals surface area (Å²) in [5.41, 5.74) is 1.31. The Morgan fingerprint density at radius 3 is 2.85 bits per heavy atom. The van der Waals surface area contributed by atoms with Gasteiger partial charge in [-0.1, -0.05) is 0 Å². The molecule has 13 heavy (non-hydrogen) atoms. The molecule has 2 nitrogen and oxygen atoms in total. The first-order valence-electron chi connectivity index (χ1n) is 3.57. The average Bonchev–Trinajstić information content (AvgIpc) is 2.47. The molecule has 2 aromatic heterocycles. The van der Waals surface area contributed by atoms with Gasteiger partial charge in [0, 0.05) is 16.9 Å². The molecule has 0 bridgehead atoms. The summed E-state index contributed by atoms with van der Waals surface area (Å²) in [4.78, 5) is 0. The fourth-order valence-corrected chi connectivity index (χ4v) is 1.74. The first-order valence-corrected chi connectivity index (χ1v) is 4.37. The second-order valence-electron chi connectivity index (χ2n) is 2.64. The highest BCUT2D eigenvalue weighted by Gasteiger charge is 2.04. The minimum Gasteiger partial charge on any atom is -0.318 e. The van der Waals surface area contributed by atoms with Gasteiger partial charge in [-0.2, -0.15) is 5.26 Å². The van der Waals surface area contributed by atoms with Gasteiger partial charge in [-0.25, -0.2) is 4.39 Å². The van der Waals surface area contributed by atoms with Gasteiger partial charge in [-0.3, -0.25) is 0 Å². The summed E-state index contributed by atoms with van der Waals surface area (Å²) in [5.74, 6) is -0.334. The van der Waals surface area contributed by atoms with Crippen LogP contribution in [0.1, 0.15) is 5.56 Å². The van der Waals surface area contributed by atoms with E-state index in [-0.39, 0.29) is 5.82 Å². The van der Waals surface area contributed by atoms with E-state index < -0.39 is 0 Å². The quantitative estimate of drug-likeness (QED) is 0.694. The Hall–Kier alpha value is -1.34. The van der Waals surface area contributed by atoms with Crippen molar-refractivity contribution < 1.29 is 4.39 Å². The summed E-state index contributed by atoms with van der Waals surface area (Å²) in [6.45, 7) is 0. The van der Waals surface area contributed by atoms with E-state index in [0.29, 0.717) is 10.0 Å². The summed E-state index contributed by atoms with van der Waals surface area (Å²) < 4.78 is 15.1. The number of nitrogens with zero attached hydrogens (tertiary/aromatic N) is 2. The van der Waals surface area contributed by atoms with Crippen molar-refractivity contribution in [2.24, 2.45) is 0 Å². The highest BCUT2D eigenvalue weighted by Crippen LogP contribution is 2.21. The van der Waals surface area contributed by atoms with Crippen molar-refractivity contribution in [2.75, 3.05) is 0 Å². The van der Waals surface area contributed by atoms with Crippen LogP contribution in [0.3, 0.4) is 0 Å². The highest BCUT2D eigenvalue weighted by molar-refractivity contribution is 9.10. The van der Waals surface area contributed by atoms with E-state index in [1.165, 1.54) is 12.3 Å². The number of pyridine rings is 1. The number of hydrogen-bond acceptors (Lipinski definition) is 1. The van der Waals surface area contributed by atoms with Gasteiger partial charge in [-0.05, 0) is 28.1 Å². The van der Waals surface area contributed by atoms with E-state index in [1.807, 2.05) is 6.07 Å². The molecule has 2 aromatic rings. The van der Waals surface area contributed by atoms with Crippen LogP contribution in [0.5, 0.6) is 0 Å². The lowest BCUT2D eigenvalue weighted by Gasteiger charge is -1.96. The van der Waals surface area contributed by atoms with Crippen LogP contribution < -0.4 is 0 Å². The summed E-state index contributed by atoms with van der Waals surface area (Å²) in [7, 11) is 0. The molecule has 0 aliphatic rings. The molecular weight excluding hydrogens is 235 g/mol. The largest absolute Gasteiger partial charge is 0.318 e. The van der Waals surface area contributed by atoms with E-state index in [0.717, 1.165) is 5.52 Å². The molecule has 2 rings (SSSR count). The molecule has 0 fully saturated rings. The Balaban J connectivity index is 2.84. The monoisotopic (exact) mass is 238 g/mol. The van der Waals surface area contributed by atoms with Crippen LogP contribution in [0, 0.1) is 17.1 Å². The molecule has 0 aliphatic heterocycles. The third kappa shape index (κ3) is 1.31. The predicted molar refractivity (Wildman–Crippen MR) is 49.8 cm³/mol. The second kappa shape index (κ2) is 2.86. The zero-order valence-corrected chi connectivity index (χ0v) is 8.05. The Bertz CT molecular complexity index is 510. The van der Waals surface area contributed by atoms with Crippen LogP contribution in [0.25, 0.3) is 5.52 Å². The minimum absolute atomic E-state index is 0.334. The standard InChI is InChI=1S/C9H4BrFN2/c10-8-2-7(11)5-13-4-6(3-12)1-9(8)13/h1-2,4-5H. The highest BCUT2D eigenvalue weighted by atomic mass is 79.9. The summed E-state index contributed by atoms with van der Waals surface area (Å²) in [5, 5.41) is 8.63. The third-order valence-corrected chi connectivity index (χ3v) is 2.38. The fraction of sp³-hybridized carbons (Fsp3) is 0. The van der Waals surface area contributed by atoms with Crippen molar-refractivity contribution in [3.63, 3.8) is 0 Å². The maximum Gasteiger partial charge on any atom is 0.140 e. The molecular formula is C9H4BrFN2. The molecule has 0 spiro atoms. The van der Waals surface area contributed by atoms with Crippen molar-refractivity contribution in [3.05, 3.63) is 40.4 Å². The minimum atomic E-state index is -0.334. The van der Waals surface area contributed by atoms with E-state index in [4.69, 9.17) is 5.26 Å². The lowest BCUT2D eigenvalue weighted by Crippen LogP contribution is -1.84. The van der Waals surface area contributed by atoms with Gasteiger partial charge < -0.3 is 4.40 Å². The Kier molecular flexibility index (Phi) is 1.82. The van der Waals surface area contributed by atoms with Gasteiger partial charge in [0.1, 0.15) is 11.9 Å². The number of halogens is 2. The summed E-state index contributed by atoms with van der Waals surface area (Å²) in [6, 6.07) is 5.07. The number of rotatable bonds is 0. The molecule has 0 unspecified atom stereocenters. The molecule has 0 amide bonds. The van der Waals surface area contributed by atoms with Crippen LogP contribution in [0.15, 0.2) is 29.0 Å². The Morgan fingerprint density at radius 2 is 2.15 bits per heavy atom. The van der Waals surface area contributed by atoms with Crippen LogP contribution >= 0.6 is 15.9 Å². The van der Waals surface area contributed by atoms with Gasteiger partial charge in [0.25, 0.3) is 0 Å². The number of fused-ring (bicyclic) bond motifs is 1. The molecule has 0 atom stereocenters. The molecule has 4 heteroatoms. The van der Waals surface area contributed by atoms with Crippen molar-refractivity contribution in [1.29, 1.82) is 5.26 Å². The molecule has 0 aromatic carbocycles. The van der Waals surface area contributed by atoms with Gasteiger partial charge in [0.05, 0.1) is 11.1 Å². The van der Waals surface area contributed by atoms with Gasteiger partial charge in [0.15, 0.2) is 0 Å².